The summed E-state index contributed by atoms with van der Waals surface area (Å²) in [5, 5.41) is 5.23. The summed E-state index contributed by atoms with van der Waals surface area (Å²) in [6.45, 7) is 0. The summed E-state index contributed by atoms with van der Waals surface area (Å²) >= 11 is 1.11. The van der Waals surface area contributed by atoms with Gasteiger partial charge < -0.3 is 16.3 Å². The third-order valence-corrected chi connectivity index (χ3v) is 2.02. The Hall–Kier alpha value is -1.63. The van der Waals surface area contributed by atoms with Crippen LogP contribution in [-0.2, 0) is 4.84 Å². The Morgan fingerprint density at radius 1 is 1.69 bits per heavy atom. The molecule has 13 heavy (non-hydrogen) atoms. The van der Waals surface area contributed by atoms with E-state index in [1.54, 1.807) is 5.38 Å². The predicted octanol–water partition coefficient (Wildman–Crippen LogP) is -0.491. The normalized spacial score (nSPS) is 11.3. The Bertz CT molecular complexity index is 346. The molecule has 70 valence electrons. The van der Waals surface area contributed by atoms with Gasteiger partial charge in [0, 0.05) is 5.38 Å². The first-order valence-corrected chi connectivity index (χ1v) is 4.15. The third kappa shape index (κ3) is 2.15. The highest BCUT2D eigenvalue weighted by atomic mass is 32.1. The van der Waals surface area contributed by atoms with Crippen LogP contribution in [0, 0.1) is 0 Å². The van der Waals surface area contributed by atoms with Gasteiger partial charge in [-0.05, 0) is 0 Å². The monoisotopic (exact) mass is 200 g/mol. The first-order valence-electron chi connectivity index (χ1n) is 3.27. The van der Waals surface area contributed by atoms with Crippen LogP contribution in [0.15, 0.2) is 10.5 Å². The van der Waals surface area contributed by atoms with Gasteiger partial charge in [-0.2, -0.15) is 0 Å². The summed E-state index contributed by atoms with van der Waals surface area (Å²) < 4.78 is 0. The van der Waals surface area contributed by atoms with E-state index in [1.807, 2.05) is 0 Å². The summed E-state index contributed by atoms with van der Waals surface area (Å²) in [4.78, 5) is 18.9. The minimum absolute atomic E-state index is 0.117. The van der Waals surface area contributed by atoms with Crippen molar-refractivity contribution in [3.63, 3.8) is 0 Å². The second-order valence-electron chi connectivity index (χ2n) is 2.06. The second kappa shape index (κ2) is 3.85. The number of nitrogens with two attached hydrogens (primary N) is 2. The molecule has 0 aliphatic carbocycles. The van der Waals surface area contributed by atoms with Crippen LogP contribution < -0.4 is 11.5 Å². The molecule has 0 aromatic carbocycles. The fraction of sp³-hybridized carbons (Fsp3) is 0.167. The topological polar surface area (TPSA) is 104 Å². The lowest BCUT2D eigenvalue weighted by Gasteiger charge is -1.92. The maximum absolute atomic E-state index is 10.7. The molecule has 0 saturated heterocycles. The van der Waals surface area contributed by atoms with Crippen molar-refractivity contribution in [2.45, 2.75) is 0 Å². The summed E-state index contributed by atoms with van der Waals surface area (Å²) in [5.74, 6) is -0.465. The number of rotatable bonds is 3. The summed E-state index contributed by atoms with van der Waals surface area (Å²) in [6, 6.07) is 0. The summed E-state index contributed by atoms with van der Waals surface area (Å²) in [5.41, 5.74) is 10.8. The van der Waals surface area contributed by atoms with Crippen LogP contribution in [0.1, 0.15) is 15.5 Å². The number of aromatic nitrogens is 1. The van der Waals surface area contributed by atoms with Crippen LogP contribution in [-0.4, -0.2) is 23.8 Å². The van der Waals surface area contributed by atoms with Crippen molar-refractivity contribution in [3.8, 4) is 0 Å². The predicted molar refractivity (Wildman–Crippen MR) is 48.4 cm³/mol. The quantitative estimate of drug-likeness (QED) is 0.390. The van der Waals surface area contributed by atoms with Crippen molar-refractivity contribution in [3.05, 3.63) is 16.1 Å². The molecule has 1 rings (SSSR count). The molecule has 0 unspecified atom stereocenters. The molecule has 4 N–H and O–H groups in total. The van der Waals surface area contributed by atoms with E-state index < -0.39 is 5.91 Å². The number of amides is 1. The van der Waals surface area contributed by atoms with Crippen molar-refractivity contribution in [1.82, 2.24) is 4.98 Å². The zero-order chi connectivity index (χ0) is 9.84. The van der Waals surface area contributed by atoms with E-state index in [4.69, 9.17) is 11.5 Å². The lowest BCUT2D eigenvalue weighted by molar-refractivity contribution is 0.1000. The van der Waals surface area contributed by atoms with Crippen LogP contribution in [0.5, 0.6) is 0 Å². The molecule has 7 heteroatoms. The molecular formula is C6H8N4O2S. The second-order valence-corrected chi connectivity index (χ2v) is 2.92. The highest BCUT2D eigenvalue weighted by Crippen LogP contribution is 2.08. The van der Waals surface area contributed by atoms with Gasteiger partial charge in [-0.25, -0.2) is 4.98 Å². The molecule has 0 bridgehead atoms. The zero-order valence-corrected chi connectivity index (χ0v) is 7.67. The maximum atomic E-state index is 10.7. The number of amidine groups is 1. The Morgan fingerprint density at radius 2 is 2.38 bits per heavy atom. The zero-order valence-electron chi connectivity index (χ0n) is 6.85. The SMILES string of the molecule is CON=C(N)c1csc(C(N)=O)n1. The fourth-order valence-corrected chi connectivity index (χ4v) is 1.31. The van der Waals surface area contributed by atoms with Gasteiger partial charge in [-0.3, -0.25) is 4.79 Å². The highest BCUT2D eigenvalue weighted by molar-refractivity contribution is 7.11. The number of hydrogen-bond donors (Lipinski definition) is 2. The Kier molecular flexibility index (Phi) is 2.80. The number of nitrogens with zero attached hydrogens (tertiary/aromatic N) is 2. The molecule has 1 heterocycles. The van der Waals surface area contributed by atoms with Gasteiger partial charge in [0.1, 0.15) is 12.8 Å². The average Bonchev–Trinajstić information content (AvgIpc) is 2.52. The van der Waals surface area contributed by atoms with Gasteiger partial charge in [0.25, 0.3) is 5.91 Å². The highest BCUT2D eigenvalue weighted by Gasteiger charge is 2.09. The minimum atomic E-state index is -0.582. The molecule has 0 saturated carbocycles. The molecule has 0 atom stereocenters. The molecular weight excluding hydrogens is 192 g/mol. The summed E-state index contributed by atoms with van der Waals surface area (Å²) in [7, 11) is 1.37. The Labute approximate surface area is 78.2 Å². The smallest absolute Gasteiger partial charge is 0.277 e. The van der Waals surface area contributed by atoms with Gasteiger partial charge in [0.2, 0.25) is 0 Å². The van der Waals surface area contributed by atoms with E-state index in [0.29, 0.717) is 5.69 Å². The number of thiazole rings is 1. The Morgan fingerprint density at radius 3 is 2.85 bits per heavy atom. The van der Waals surface area contributed by atoms with Gasteiger partial charge in [-0.1, -0.05) is 5.16 Å². The molecule has 1 aromatic heterocycles. The molecule has 1 amide bonds. The third-order valence-electron chi connectivity index (χ3n) is 1.17. The maximum Gasteiger partial charge on any atom is 0.277 e. The van der Waals surface area contributed by atoms with Gasteiger partial charge in [0.15, 0.2) is 10.8 Å². The average molecular weight is 200 g/mol. The van der Waals surface area contributed by atoms with Crippen LogP contribution in [0.2, 0.25) is 0 Å². The number of primary amides is 1. The number of carbonyl (C=O) groups excluding carboxylic acids is 1. The largest absolute Gasteiger partial charge is 0.397 e. The molecule has 1 aromatic rings. The molecule has 0 spiro atoms. The van der Waals surface area contributed by atoms with E-state index in [1.165, 1.54) is 7.11 Å². The number of hydrogen-bond acceptors (Lipinski definition) is 5. The van der Waals surface area contributed by atoms with Crippen LogP contribution in [0.25, 0.3) is 0 Å². The molecule has 0 radical (unpaired) electrons. The number of carbonyl (C=O) groups is 1. The standard InChI is InChI=1S/C6H8N4O2S/c1-12-10-4(7)3-2-13-6(9-3)5(8)11/h2H,1H3,(H2,7,10)(H2,8,11). The van der Waals surface area contributed by atoms with E-state index >= 15 is 0 Å². The molecule has 0 aliphatic rings. The van der Waals surface area contributed by atoms with Gasteiger partial charge in [-0.15, -0.1) is 11.3 Å². The molecule has 0 aliphatic heterocycles. The Balaban J connectivity index is 2.92. The van der Waals surface area contributed by atoms with Crippen molar-refractivity contribution in [2.24, 2.45) is 16.6 Å². The van der Waals surface area contributed by atoms with E-state index in [2.05, 4.69) is 15.0 Å². The van der Waals surface area contributed by atoms with Gasteiger partial charge >= 0.3 is 0 Å². The first kappa shape index (κ1) is 9.46. The molecule has 6 nitrogen and oxygen atoms in total. The molecule has 0 fully saturated rings. The van der Waals surface area contributed by atoms with Crippen molar-refractivity contribution < 1.29 is 9.63 Å². The van der Waals surface area contributed by atoms with Crippen LogP contribution in [0.4, 0.5) is 0 Å². The lowest BCUT2D eigenvalue weighted by atomic mass is 10.4. The lowest BCUT2D eigenvalue weighted by Crippen LogP contribution is -2.16. The number of oxime groups is 1. The van der Waals surface area contributed by atoms with E-state index in [9.17, 15) is 4.79 Å². The van der Waals surface area contributed by atoms with Gasteiger partial charge in [0.05, 0.1) is 0 Å². The van der Waals surface area contributed by atoms with Crippen LogP contribution in [0.3, 0.4) is 0 Å². The van der Waals surface area contributed by atoms with E-state index in [-0.39, 0.29) is 10.8 Å². The van der Waals surface area contributed by atoms with Crippen LogP contribution >= 0.6 is 11.3 Å². The summed E-state index contributed by atoms with van der Waals surface area (Å²) in [6.07, 6.45) is 0. The van der Waals surface area contributed by atoms with Crippen molar-refractivity contribution in [1.29, 1.82) is 0 Å². The minimum Gasteiger partial charge on any atom is -0.397 e. The first-order chi connectivity index (χ1) is 6.15. The van der Waals surface area contributed by atoms with Crippen molar-refractivity contribution >= 4 is 23.1 Å². The van der Waals surface area contributed by atoms with E-state index in [0.717, 1.165) is 11.3 Å². The van der Waals surface area contributed by atoms with Crippen molar-refractivity contribution in [2.75, 3.05) is 7.11 Å². The fourth-order valence-electron chi connectivity index (χ4n) is 0.650.